The van der Waals surface area contributed by atoms with Crippen LogP contribution >= 0.6 is 0 Å². The van der Waals surface area contributed by atoms with Crippen molar-refractivity contribution in [3.63, 3.8) is 0 Å². The molecular formula is C13H18N4O3. The lowest BCUT2D eigenvalue weighted by Gasteiger charge is -2.23. The van der Waals surface area contributed by atoms with Crippen LogP contribution in [0.2, 0.25) is 0 Å². The van der Waals surface area contributed by atoms with E-state index in [1.54, 1.807) is 7.05 Å². The Bertz CT molecular complexity index is 512. The Hall–Kier alpha value is -2.18. The van der Waals surface area contributed by atoms with Gasteiger partial charge >= 0.3 is 0 Å². The molecule has 0 aliphatic heterocycles. The lowest BCUT2D eigenvalue weighted by molar-refractivity contribution is -0.385. The Kier molecular flexibility index (Phi) is 4.49. The number of carbonyl (C=O) groups is 1. The normalized spacial score (nSPS) is 15.7. The van der Waals surface area contributed by atoms with Gasteiger partial charge in [0.15, 0.2) is 0 Å². The highest BCUT2D eigenvalue weighted by atomic mass is 16.6. The van der Waals surface area contributed by atoms with Crippen molar-refractivity contribution in [2.45, 2.75) is 38.1 Å². The molecule has 0 radical (unpaired) electrons. The molecule has 1 saturated carbocycles. The molecule has 1 amide bonds. The molecule has 1 aliphatic carbocycles. The highest BCUT2D eigenvalue weighted by molar-refractivity contribution is 5.99. The van der Waals surface area contributed by atoms with Crippen LogP contribution in [0.15, 0.2) is 12.3 Å². The van der Waals surface area contributed by atoms with Crippen molar-refractivity contribution in [2.75, 3.05) is 12.4 Å². The predicted octanol–water partition coefficient (Wildman–Crippen LogP) is 2.09. The zero-order valence-electron chi connectivity index (χ0n) is 11.4. The van der Waals surface area contributed by atoms with E-state index in [0.717, 1.165) is 31.9 Å². The van der Waals surface area contributed by atoms with Crippen molar-refractivity contribution in [1.29, 1.82) is 0 Å². The van der Waals surface area contributed by atoms with Gasteiger partial charge < -0.3 is 10.6 Å². The Labute approximate surface area is 116 Å². The highest BCUT2D eigenvalue weighted by Crippen LogP contribution is 2.21. The topological polar surface area (TPSA) is 97.2 Å². The van der Waals surface area contributed by atoms with Gasteiger partial charge in [0.25, 0.3) is 11.6 Å². The molecule has 1 fully saturated rings. The first-order valence-corrected chi connectivity index (χ1v) is 6.75. The molecule has 108 valence electrons. The first-order chi connectivity index (χ1) is 9.61. The van der Waals surface area contributed by atoms with Gasteiger partial charge in [0.2, 0.25) is 0 Å². The van der Waals surface area contributed by atoms with Crippen LogP contribution in [0.25, 0.3) is 0 Å². The molecule has 0 aromatic carbocycles. The minimum Gasteiger partial charge on any atom is -0.372 e. The van der Waals surface area contributed by atoms with Crippen LogP contribution in [0.4, 0.5) is 11.5 Å². The SMILES string of the molecule is CNc1ncc([N+](=O)[O-])cc1C(=O)NC1CCCCC1. The Morgan fingerprint density at radius 1 is 1.40 bits per heavy atom. The number of nitrogens with one attached hydrogen (secondary N) is 2. The van der Waals surface area contributed by atoms with Crippen LogP contribution in [-0.2, 0) is 0 Å². The fourth-order valence-electron chi connectivity index (χ4n) is 2.44. The number of hydrogen-bond donors (Lipinski definition) is 2. The van der Waals surface area contributed by atoms with E-state index in [1.807, 2.05) is 0 Å². The summed E-state index contributed by atoms with van der Waals surface area (Å²) >= 11 is 0. The van der Waals surface area contributed by atoms with E-state index < -0.39 is 4.92 Å². The van der Waals surface area contributed by atoms with E-state index >= 15 is 0 Å². The van der Waals surface area contributed by atoms with Gasteiger partial charge in [-0.2, -0.15) is 0 Å². The van der Waals surface area contributed by atoms with E-state index in [9.17, 15) is 14.9 Å². The van der Waals surface area contributed by atoms with Gasteiger partial charge in [0.05, 0.1) is 10.5 Å². The summed E-state index contributed by atoms with van der Waals surface area (Å²) in [5.41, 5.74) is 0.0325. The second-order valence-electron chi connectivity index (χ2n) is 4.91. The summed E-state index contributed by atoms with van der Waals surface area (Å²) in [4.78, 5) is 26.4. The van der Waals surface area contributed by atoms with Gasteiger partial charge in [-0.3, -0.25) is 14.9 Å². The minimum atomic E-state index is -0.552. The average molecular weight is 278 g/mol. The van der Waals surface area contributed by atoms with Crippen molar-refractivity contribution in [3.05, 3.63) is 27.9 Å². The number of anilines is 1. The number of pyridine rings is 1. The molecule has 20 heavy (non-hydrogen) atoms. The van der Waals surface area contributed by atoms with Crippen LogP contribution in [-0.4, -0.2) is 28.9 Å². The Morgan fingerprint density at radius 3 is 2.70 bits per heavy atom. The van der Waals surface area contributed by atoms with Crippen LogP contribution in [0.3, 0.4) is 0 Å². The first kappa shape index (κ1) is 14.2. The Morgan fingerprint density at radius 2 is 2.10 bits per heavy atom. The molecule has 0 saturated heterocycles. The summed E-state index contributed by atoms with van der Waals surface area (Å²) in [7, 11) is 1.63. The smallest absolute Gasteiger partial charge is 0.288 e. The lowest BCUT2D eigenvalue weighted by atomic mass is 9.95. The fraction of sp³-hybridized carbons (Fsp3) is 0.538. The van der Waals surface area contributed by atoms with Crippen LogP contribution in [0.1, 0.15) is 42.5 Å². The summed E-state index contributed by atoms with van der Waals surface area (Å²) in [6.07, 6.45) is 6.48. The molecule has 7 heteroatoms. The van der Waals surface area contributed by atoms with E-state index in [0.29, 0.717) is 5.82 Å². The van der Waals surface area contributed by atoms with E-state index in [1.165, 1.54) is 12.5 Å². The summed E-state index contributed by atoms with van der Waals surface area (Å²) in [6, 6.07) is 1.41. The van der Waals surface area contributed by atoms with Gasteiger partial charge in [0, 0.05) is 19.2 Å². The molecule has 1 aliphatic rings. The second kappa shape index (κ2) is 6.31. The summed E-state index contributed by atoms with van der Waals surface area (Å²) in [6.45, 7) is 0. The average Bonchev–Trinajstić information content (AvgIpc) is 2.47. The third-order valence-corrected chi connectivity index (χ3v) is 3.51. The van der Waals surface area contributed by atoms with Crippen molar-refractivity contribution in [1.82, 2.24) is 10.3 Å². The van der Waals surface area contributed by atoms with Crippen LogP contribution < -0.4 is 10.6 Å². The van der Waals surface area contributed by atoms with E-state index in [-0.39, 0.29) is 23.2 Å². The van der Waals surface area contributed by atoms with Crippen molar-refractivity contribution in [2.24, 2.45) is 0 Å². The van der Waals surface area contributed by atoms with Crippen LogP contribution in [0.5, 0.6) is 0 Å². The number of hydrogen-bond acceptors (Lipinski definition) is 5. The zero-order valence-corrected chi connectivity index (χ0v) is 11.4. The fourth-order valence-corrected chi connectivity index (χ4v) is 2.44. The van der Waals surface area contributed by atoms with Crippen molar-refractivity contribution < 1.29 is 9.72 Å². The number of amides is 1. The molecule has 1 heterocycles. The summed E-state index contributed by atoms with van der Waals surface area (Å²) < 4.78 is 0. The number of carbonyl (C=O) groups excluding carboxylic acids is 1. The third kappa shape index (κ3) is 3.23. The molecule has 0 atom stereocenters. The summed E-state index contributed by atoms with van der Waals surface area (Å²) in [5, 5.41) is 16.5. The molecule has 1 aromatic heterocycles. The molecular weight excluding hydrogens is 260 g/mol. The third-order valence-electron chi connectivity index (χ3n) is 3.51. The van der Waals surface area contributed by atoms with Gasteiger partial charge in [-0.1, -0.05) is 19.3 Å². The predicted molar refractivity (Wildman–Crippen MR) is 74.8 cm³/mol. The maximum Gasteiger partial charge on any atom is 0.288 e. The monoisotopic (exact) mass is 278 g/mol. The van der Waals surface area contributed by atoms with Gasteiger partial charge in [-0.15, -0.1) is 0 Å². The molecule has 1 aromatic rings. The molecule has 0 bridgehead atoms. The maximum atomic E-state index is 12.3. The van der Waals surface area contributed by atoms with Crippen molar-refractivity contribution >= 4 is 17.4 Å². The Balaban J connectivity index is 2.18. The minimum absolute atomic E-state index is 0.153. The summed E-state index contributed by atoms with van der Waals surface area (Å²) in [5.74, 6) is 0.0429. The number of rotatable bonds is 4. The second-order valence-corrected chi connectivity index (χ2v) is 4.91. The molecule has 7 nitrogen and oxygen atoms in total. The number of aromatic nitrogens is 1. The van der Waals surface area contributed by atoms with Crippen molar-refractivity contribution in [3.8, 4) is 0 Å². The molecule has 2 rings (SSSR count). The van der Waals surface area contributed by atoms with E-state index in [4.69, 9.17) is 0 Å². The van der Waals surface area contributed by atoms with Gasteiger partial charge in [-0.25, -0.2) is 4.98 Å². The number of nitrogens with zero attached hydrogens (tertiary/aromatic N) is 2. The first-order valence-electron chi connectivity index (χ1n) is 6.75. The zero-order chi connectivity index (χ0) is 14.5. The maximum absolute atomic E-state index is 12.3. The quantitative estimate of drug-likeness (QED) is 0.649. The highest BCUT2D eigenvalue weighted by Gasteiger charge is 2.21. The molecule has 2 N–H and O–H groups in total. The molecule has 0 unspecified atom stereocenters. The standard InChI is InChI=1S/C13H18N4O3/c1-14-12-11(7-10(8-15-12)17(19)20)13(18)16-9-5-3-2-4-6-9/h7-9H,2-6H2,1H3,(H,14,15)(H,16,18). The lowest BCUT2D eigenvalue weighted by Crippen LogP contribution is -2.36. The number of nitro groups is 1. The largest absolute Gasteiger partial charge is 0.372 e. The van der Waals surface area contributed by atoms with Gasteiger partial charge in [0.1, 0.15) is 12.0 Å². The molecule has 0 spiro atoms. The van der Waals surface area contributed by atoms with Crippen LogP contribution in [0, 0.1) is 10.1 Å². The van der Waals surface area contributed by atoms with E-state index in [2.05, 4.69) is 15.6 Å². The van der Waals surface area contributed by atoms with Gasteiger partial charge in [-0.05, 0) is 12.8 Å².